The highest BCUT2D eigenvalue weighted by Gasteiger charge is 2.21. The van der Waals surface area contributed by atoms with Crippen molar-refractivity contribution in [3.05, 3.63) is 93.5 Å². The SMILES string of the molecule is Cc1ccc(NS(=O)(=O)c2cc(C(=O)NC(C)c3cc(C)c(C)cc3C)ccc2C)cc1. The molecule has 1 atom stereocenters. The number of sulfonamides is 1. The van der Waals surface area contributed by atoms with E-state index in [-0.39, 0.29) is 16.8 Å². The van der Waals surface area contributed by atoms with Crippen molar-refractivity contribution in [1.82, 2.24) is 5.32 Å². The van der Waals surface area contributed by atoms with E-state index in [2.05, 4.69) is 29.1 Å². The van der Waals surface area contributed by atoms with E-state index in [9.17, 15) is 13.2 Å². The molecule has 1 amide bonds. The van der Waals surface area contributed by atoms with Crippen LogP contribution in [0.1, 0.15) is 56.7 Å². The number of rotatable bonds is 6. The first-order chi connectivity index (χ1) is 15.0. The summed E-state index contributed by atoms with van der Waals surface area (Å²) >= 11 is 0. The van der Waals surface area contributed by atoms with Crippen LogP contribution in [0.25, 0.3) is 0 Å². The van der Waals surface area contributed by atoms with Crippen molar-refractivity contribution in [2.24, 2.45) is 0 Å². The molecule has 0 aromatic heterocycles. The lowest BCUT2D eigenvalue weighted by Gasteiger charge is -2.19. The van der Waals surface area contributed by atoms with Crippen molar-refractivity contribution in [1.29, 1.82) is 0 Å². The summed E-state index contributed by atoms with van der Waals surface area (Å²) in [6, 6.07) is 15.8. The number of benzene rings is 3. The number of carbonyl (C=O) groups is 1. The first kappa shape index (κ1) is 23.5. The first-order valence-corrected chi connectivity index (χ1v) is 12.0. The van der Waals surface area contributed by atoms with Crippen molar-refractivity contribution in [3.8, 4) is 0 Å². The van der Waals surface area contributed by atoms with Crippen LogP contribution in [0.4, 0.5) is 5.69 Å². The van der Waals surface area contributed by atoms with Crippen LogP contribution in [-0.4, -0.2) is 14.3 Å². The van der Waals surface area contributed by atoms with E-state index in [1.54, 1.807) is 31.2 Å². The second kappa shape index (κ2) is 9.17. The molecule has 3 aromatic rings. The third kappa shape index (κ3) is 5.19. The van der Waals surface area contributed by atoms with Gasteiger partial charge in [-0.15, -0.1) is 0 Å². The Morgan fingerprint density at radius 3 is 2.06 bits per heavy atom. The summed E-state index contributed by atoms with van der Waals surface area (Å²) in [5.41, 5.74) is 6.90. The highest BCUT2D eigenvalue weighted by molar-refractivity contribution is 7.92. The molecule has 0 radical (unpaired) electrons. The Hall–Kier alpha value is -3.12. The van der Waals surface area contributed by atoms with E-state index < -0.39 is 10.0 Å². The Kier molecular flexibility index (Phi) is 6.74. The van der Waals surface area contributed by atoms with Crippen LogP contribution in [0.5, 0.6) is 0 Å². The van der Waals surface area contributed by atoms with Crippen molar-refractivity contribution < 1.29 is 13.2 Å². The minimum absolute atomic E-state index is 0.0840. The van der Waals surface area contributed by atoms with Crippen molar-refractivity contribution >= 4 is 21.6 Å². The van der Waals surface area contributed by atoms with E-state index in [0.717, 1.165) is 22.3 Å². The largest absolute Gasteiger partial charge is 0.346 e. The van der Waals surface area contributed by atoms with Gasteiger partial charge in [0.2, 0.25) is 0 Å². The summed E-state index contributed by atoms with van der Waals surface area (Å²) in [6.45, 7) is 11.7. The molecule has 0 heterocycles. The van der Waals surface area contributed by atoms with Crippen LogP contribution in [0.2, 0.25) is 0 Å². The predicted octanol–water partition coefficient (Wildman–Crippen LogP) is 5.52. The fraction of sp³-hybridized carbons (Fsp3) is 0.269. The van der Waals surface area contributed by atoms with Gasteiger partial charge in [-0.3, -0.25) is 9.52 Å². The van der Waals surface area contributed by atoms with E-state index in [0.29, 0.717) is 16.8 Å². The van der Waals surface area contributed by atoms with Crippen LogP contribution >= 0.6 is 0 Å². The molecular formula is C26H30N2O3S. The maximum Gasteiger partial charge on any atom is 0.262 e. The number of anilines is 1. The topological polar surface area (TPSA) is 75.3 Å². The molecule has 32 heavy (non-hydrogen) atoms. The average Bonchev–Trinajstić information content (AvgIpc) is 2.72. The lowest BCUT2D eigenvalue weighted by Crippen LogP contribution is -2.27. The molecule has 0 fully saturated rings. The molecule has 0 bridgehead atoms. The second-order valence-electron chi connectivity index (χ2n) is 8.44. The van der Waals surface area contributed by atoms with Gasteiger partial charge in [0.25, 0.3) is 15.9 Å². The van der Waals surface area contributed by atoms with E-state index in [1.165, 1.54) is 11.6 Å². The van der Waals surface area contributed by atoms with Gasteiger partial charge < -0.3 is 5.32 Å². The highest BCUT2D eigenvalue weighted by Crippen LogP contribution is 2.24. The number of amides is 1. The van der Waals surface area contributed by atoms with Gasteiger partial charge in [0.1, 0.15) is 0 Å². The number of hydrogen-bond acceptors (Lipinski definition) is 3. The van der Waals surface area contributed by atoms with Crippen LogP contribution in [-0.2, 0) is 10.0 Å². The molecule has 0 aliphatic heterocycles. The van der Waals surface area contributed by atoms with Crippen molar-refractivity contribution in [2.75, 3.05) is 4.72 Å². The van der Waals surface area contributed by atoms with Gasteiger partial charge in [-0.05, 0) is 93.6 Å². The van der Waals surface area contributed by atoms with E-state index in [1.807, 2.05) is 39.8 Å². The summed E-state index contributed by atoms with van der Waals surface area (Å²) in [6.07, 6.45) is 0. The zero-order chi connectivity index (χ0) is 23.6. The predicted molar refractivity (Wildman–Crippen MR) is 130 cm³/mol. The average molecular weight is 451 g/mol. The summed E-state index contributed by atoms with van der Waals surface area (Å²) in [5, 5.41) is 3.00. The van der Waals surface area contributed by atoms with Gasteiger partial charge in [-0.25, -0.2) is 8.42 Å². The molecule has 5 nitrogen and oxygen atoms in total. The van der Waals surface area contributed by atoms with Gasteiger partial charge in [0, 0.05) is 11.3 Å². The molecule has 2 N–H and O–H groups in total. The maximum absolute atomic E-state index is 13.0. The van der Waals surface area contributed by atoms with Crippen LogP contribution in [0.15, 0.2) is 59.5 Å². The number of carbonyl (C=O) groups excluding carboxylic acids is 1. The first-order valence-electron chi connectivity index (χ1n) is 10.6. The maximum atomic E-state index is 13.0. The zero-order valence-corrected chi connectivity index (χ0v) is 20.2. The van der Waals surface area contributed by atoms with Crippen LogP contribution in [0, 0.1) is 34.6 Å². The smallest absolute Gasteiger partial charge is 0.262 e. The van der Waals surface area contributed by atoms with Gasteiger partial charge in [0.15, 0.2) is 0 Å². The lowest BCUT2D eigenvalue weighted by atomic mass is 9.96. The molecule has 6 heteroatoms. The fourth-order valence-electron chi connectivity index (χ4n) is 3.67. The van der Waals surface area contributed by atoms with Crippen molar-refractivity contribution in [2.45, 2.75) is 52.5 Å². The summed E-state index contributed by atoms with van der Waals surface area (Å²) < 4.78 is 28.6. The minimum atomic E-state index is -3.84. The highest BCUT2D eigenvalue weighted by atomic mass is 32.2. The summed E-state index contributed by atoms with van der Waals surface area (Å²) in [7, 11) is -3.84. The third-order valence-corrected chi connectivity index (χ3v) is 7.26. The Balaban J connectivity index is 1.85. The normalized spacial score (nSPS) is 12.3. The molecule has 0 saturated carbocycles. The van der Waals surface area contributed by atoms with E-state index >= 15 is 0 Å². The van der Waals surface area contributed by atoms with Gasteiger partial charge in [-0.2, -0.15) is 0 Å². The lowest BCUT2D eigenvalue weighted by molar-refractivity contribution is 0.0939. The standard InChI is InChI=1S/C26H30N2O3S/c1-16-7-11-23(12-8-16)28-32(30,31)25-15-22(10-9-17(25)2)26(29)27-21(6)24-14-19(4)18(3)13-20(24)5/h7-15,21,28H,1-6H3,(H,27,29). The van der Waals surface area contributed by atoms with Gasteiger partial charge in [0.05, 0.1) is 10.9 Å². The monoisotopic (exact) mass is 450 g/mol. The molecule has 3 rings (SSSR count). The van der Waals surface area contributed by atoms with Crippen LogP contribution in [0.3, 0.4) is 0 Å². The molecule has 0 aliphatic carbocycles. The Morgan fingerprint density at radius 2 is 1.41 bits per heavy atom. The Bertz CT molecular complexity index is 1260. The minimum Gasteiger partial charge on any atom is -0.346 e. The number of aryl methyl sites for hydroxylation is 5. The van der Waals surface area contributed by atoms with Crippen molar-refractivity contribution in [3.63, 3.8) is 0 Å². The molecule has 1 unspecified atom stereocenters. The quantitative estimate of drug-likeness (QED) is 0.519. The van der Waals surface area contributed by atoms with Crippen LogP contribution < -0.4 is 10.0 Å². The Labute approximate surface area is 190 Å². The Morgan fingerprint density at radius 1 is 0.781 bits per heavy atom. The number of hydrogen-bond donors (Lipinski definition) is 2. The van der Waals surface area contributed by atoms with Gasteiger partial charge >= 0.3 is 0 Å². The number of nitrogens with one attached hydrogen (secondary N) is 2. The molecule has 0 aliphatic rings. The molecular weight excluding hydrogens is 420 g/mol. The molecule has 0 spiro atoms. The summed E-state index contributed by atoms with van der Waals surface area (Å²) in [4.78, 5) is 13.0. The zero-order valence-electron chi connectivity index (χ0n) is 19.4. The summed E-state index contributed by atoms with van der Waals surface area (Å²) in [5.74, 6) is -0.318. The third-order valence-electron chi connectivity index (χ3n) is 5.74. The molecule has 3 aromatic carbocycles. The second-order valence-corrected chi connectivity index (χ2v) is 10.1. The van der Waals surface area contributed by atoms with E-state index in [4.69, 9.17) is 0 Å². The molecule has 168 valence electrons. The fourth-order valence-corrected chi connectivity index (χ4v) is 5.00. The van der Waals surface area contributed by atoms with Gasteiger partial charge in [-0.1, -0.05) is 35.9 Å². The molecule has 0 saturated heterocycles.